The van der Waals surface area contributed by atoms with Crippen molar-refractivity contribution >= 4 is 22.2 Å². The summed E-state index contributed by atoms with van der Waals surface area (Å²) in [7, 11) is 0. The van der Waals surface area contributed by atoms with Crippen LogP contribution >= 0.6 is 15.9 Å². The first-order valence-electron chi connectivity index (χ1n) is 3.46. The minimum Gasteiger partial charge on any atom is -0.296 e. The van der Waals surface area contributed by atoms with Gasteiger partial charge in [-0.15, -0.1) is 0 Å². The van der Waals surface area contributed by atoms with Crippen LogP contribution in [-0.2, 0) is 0 Å². The Morgan fingerprint density at radius 1 is 1.62 bits per heavy atom. The van der Waals surface area contributed by atoms with Crippen LogP contribution in [0.4, 0.5) is 8.78 Å². The largest absolute Gasteiger partial charge is 0.296 e. The highest BCUT2D eigenvalue weighted by atomic mass is 79.9. The van der Waals surface area contributed by atoms with E-state index in [0.717, 1.165) is 6.07 Å². The number of hydrogen-bond donors (Lipinski definition) is 0. The van der Waals surface area contributed by atoms with E-state index in [9.17, 15) is 13.6 Å². The number of rotatable bonds is 2. The van der Waals surface area contributed by atoms with E-state index < -0.39 is 6.43 Å². The van der Waals surface area contributed by atoms with Crippen LogP contribution in [0.1, 0.15) is 28.0 Å². The predicted octanol–water partition coefficient (Wildman–Crippen LogP) is 2.90. The van der Waals surface area contributed by atoms with Crippen LogP contribution < -0.4 is 0 Å². The molecular formula is C8H6BrF2NO. The van der Waals surface area contributed by atoms with Gasteiger partial charge in [-0.1, -0.05) is 0 Å². The lowest BCUT2D eigenvalue weighted by Crippen LogP contribution is -1.97. The van der Waals surface area contributed by atoms with Crippen LogP contribution in [0.2, 0.25) is 0 Å². The molecule has 0 atom stereocenters. The van der Waals surface area contributed by atoms with Gasteiger partial charge in [-0.2, -0.15) is 0 Å². The SMILES string of the molecule is Cc1c(C(F)F)cc(C=O)nc1Br. The van der Waals surface area contributed by atoms with Crippen LogP contribution in [0.15, 0.2) is 10.7 Å². The van der Waals surface area contributed by atoms with E-state index in [0.29, 0.717) is 11.8 Å². The molecule has 0 saturated carbocycles. The lowest BCUT2D eigenvalue weighted by Gasteiger charge is -2.06. The number of carbonyl (C=O) groups is 1. The third kappa shape index (κ3) is 2.09. The Kier molecular flexibility index (Phi) is 3.08. The normalized spacial score (nSPS) is 10.5. The van der Waals surface area contributed by atoms with Crippen molar-refractivity contribution in [2.24, 2.45) is 0 Å². The zero-order valence-electron chi connectivity index (χ0n) is 6.72. The molecule has 1 aromatic rings. The Labute approximate surface area is 82.1 Å². The summed E-state index contributed by atoms with van der Waals surface area (Å²) in [6.07, 6.45) is -2.14. The summed E-state index contributed by atoms with van der Waals surface area (Å²) < 4.78 is 25.0. The summed E-state index contributed by atoms with van der Waals surface area (Å²) in [5, 5.41) is 0. The van der Waals surface area contributed by atoms with Crippen molar-refractivity contribution in [1.29, 1.82) is 0 Å². The van der Waals surface area contributed by atoms with Gasteiger partial charge >= 0.3 is 0 Å². The van der Waals surface area contributed by atoms with Crippen LogP contribution in [0.5, 0.6) is 0 Å². The van der Waals surface area contributed by atoms with Crippen LogP contribution in [0, 0.1) is 6.92 Å². The smallest absolute Gasteiger partial charge is 0.264 e. The van der Waals surface area contributed by atoms with E-state index >= 15 is 0 Å². The molecule has 2 nitrogen and oxygen atoms in total. The van der Waals surface area contributed by atoms with E-state index in [2.05, 4.69) is 20.9 Å². The molecule has 0 radical (unpaired) electrons. The molecule has 0 N–H and O–H groups in total. The quantitative estimate of drug-likeness (QED) is 0.596. The van der Waals surface area contributed by atoms with Crippen molar-refractivity contribution < 1.29 is 13.6 Å². The standard InChI is InChI=1S/C8H6BrF2NO/c1-4-6(8(10)11)2-5(3-13)12-7(4)9/h2-3,8H,1H3. The molecule has 0 saturated heterocycles. The molecule has 1 heterocycles. The number of hydrogen-bond acceptors (Lipinski definition) is 2. The molecule has 1 rings (SSSR count). The minimum atomic E-state index is -2.59. The topological polar surface area (TPSA) is 30.0 Å². The number of pyridine rings is 1. The third-order valence-corrected chi connectivity index (χ3v) is 2.40. The summed E-state index contributed by atoms with van der Waals surface area (Å²) >= 11 is 3.00. The van der Waals surface area contributed by atoms with Gasteiger partial charge in [0.25, 0.3) is 6.43 Å². The number of nitrogens with zero attached hydrogens (tertiary/aromatic N) is 1. The zero-order chi connectivity index (χ0) is 10.0. The van der Waals surface area contributed by atoms with Crippen molar-refractivity contribution in [3.05, 3.63) is 27.5 Å². The van der Waals surface area contributed by atoms with Gasteiger partial charge < -0.3 is 0 Å². The number of carbonyl (C=O) groups excluding carboxylic acids is 1. The van der Waals surface area contributed by atoms with Gasteiger partial charge in [0.1, 0.15) is 10.3 Å². The molecule has 0 aliphatic heterocycles. The highest BCUT2D eigenvalue weighted by Crippen LogP contribution is 2.26. The number of aromatic nitrogens is 1. The maximum Gasteiger partial charge on any atom is 0.264 e. The Bertz CT molecular complexity index is 341. The second-order valence-electron chi connectivity index (χ2n) is 2.47. The summed E-state index contributed by atoms with van der Waals surface area (Å²) in [4.78, 5) is 14.1. The molecule has 0 fully saturated rings. The van der Waals surface area contributed by atoms with E-state index in [4.69, 9.17) is 0 Å². The molecule has 5 heteroatoms. The molecule has 0 bridgehead atoms. The Balaban J connectivity index is 3.32. The summed E-state index contributed by atoms with van der Waals surface area (Å²) in [6, 6.07) is 1.09. The maximum absolute atomic E-state index is 12.4. The van der Waals surface area contributed by atoms with E-state index in [1.165, 1.54) is 6.92 Å². The van der Waals surface area contributed by atoms with Crippen molar-refractivity contribution in [3.63, 3.8) is 0 Å². The summed E-state index contributed by atoms with van der Waals surface area (Å²) in [6.45, 7) is 1.52. The molecule has 1 aromatic heterocycles. The Morgan fingerprint density at radius 3 is 2.69 bits per heavy atom. The van der Waals surface area contributed by atoms with E-state index in [1.54, 1.807) is 0 Å². The summed E-state index contributed by atoms with van der Waals surface area (Å²) in [5.74, 6) is 0. The molecule has 0 aliphatic carbocycles. The van der Waals surface area contributed by atoms with Crippen LogP contribution in [0.25, 0.3) is 0 Å². The predicted molar refractivity (Wildman–Crippen MR) is 47.0 cm³/mol. The molecule has 0 amide bonds. The van der Waals surface area contributed by atoms with Gasteiger partial charge in [0.2, 0.25) is 0 Å². The number of alkyl halides is 2. The average Bonchev–Trinajstić information content (AvgIpc) is 2.09. The van der Waals surface area contributed by atoms with Gasteiger partial charge in [-0.25, -0.2) is 13.8 Å². The van der Waals surface area contributed by atoms with Gasteiger partial charge in [0.05, 0.1) is 0 Å². The van der Waals surface area contributed by atoms with Crippen LogP contribution in [0.3, 0.4) is 0 Å². The zero-order valence-corrected chi connectivity index (χ0v) is 8.31. The van der Waals surface area contributed by atoms with Crippen molar-refractivity contribution in [1.82, 2.24) is 4.98 Å². The first kappa shape index (κ1) is 10.2. The lowest BCUT2D eigenvalue weighted by molar-refractivity contribution is 0.111. The monoisotopic (exact) mass is 249 g/mol. The van der Waals surface area contributed by atoms with Gasteiger partial charge in [-0.3, -0.25) is 4.79 Å². The minimum absolute atomic E-state index is 0.00720. The Hall–Kier alpha value is -0.840. The lowest BCUT2D eigenvalue weighted by atomic mass is 10.1. The number of aldehydes is 1. The highest BCUT2D eigenvalue weighted by Gasteiger charge is 2.14. The van der Waals surface area contributed by atoms with E-state index in [1.807, 2.05) is 0 Å². The van der Waals surface area contributed by atoms with Crippen LogP contribution in [-0.4, -0.2) is 11.3 Å². The van der Waals surface area contributed by atoms with Crippen molar-refractivity contribution in [2.45, 2.75) is 13.3 Å². The summed E-state index contributed by atoms with van der Waals surface area (Å²) in [5.41, 5.74) is 0.206. The second kappa shape index (κ2) is 3.91. The molecule has 0 spiro atoms. The van der Waals surface area contributed by atoms with Crippen molar-refractivity contribution in [3.8, 4) is 0 Å². The fourth-order valence-electron chi connectivity index (χ4n) is 0.903. The average molecular weight is 250 g/mol. The molecule has 70 valence electrons. The maximum atomic E-state index is 12.4. The Morgan fingerprint density at radius 2 is 2.23 bits per heavy atom. The van der Waals surface area contributed by atoms with E-state index in [-0.39, 0.29) is 15.9 Å². The number of halogens is 3. The fourth-order valence-corrected chi connectivity index (χ4v) is 1.34. The van der Waals surface area contributed by atoms with Gasteiger partial charge in [0, 0.05) is 5.56 Å². The third-order valence-electron chi connectivity index (χ3n) is 1.63. The molecular weight excluding hydrogens is 244 g/mol. The first-order chi connectivity index (χ1) is 6.06. The van der Waals surface area contributed by atoms with Gasteiger partial charge in [0.15, 0.2) is 6.29 Å². The second-order valence-corrected chi connectivity index (χ2v) is 3.22. The molecule has 13 heavy (non-hydrogen) atoms. The molecule has 0 unspecified atom stereocenters. The fraction of sp³-hybridized carbons (Fsp3) is 0.250. The van der Waals surface area contributed by atoms with Gasteiger partial charge in [-0.05, 0) is 34.5 Å². The highest BCUT2D eigenvalue weighted by molar-refractivity contribution is 9.10. The first-order valence-corrected chi connectivity index (χ1v) is 4.26. The molecule has 0 aromatic carbocycles. The molecule has 0 aliphatic rings. The van der Waals surface area contributed by atoms with Crippen molar-refractivity contribution in [2.75, 3.05) is 0 Å².